The van der Waals surface area contributed by atoms with Gasteiger partial charge >= 0.3 is 5.97 Å². The van der Waals surface area contributed by atoms with Gasteiger partial charge < -0.3 is 15.7 Å². The fraction of sp³-hybridized carbons (Fsp3) is 0.286. The first-order chi connectivity index (χ1) is 12.8. The highest BCUT2D eigenvalue weighted by Crippen LogP contribution is 2.38. The number of carboxylic acid groups (broad SMARTS) is 1. The minimum Gasteiger partial charge on any atom is -0.481 e. The van der Waals surface area contributed by atoms with Crippen LogP contribution in [0.25, 0.3) is 0 Å². The lowest BCUT2D eigenvalue weighted by Gasteiger charge is -2.10. The quantitative estimate of drug-likeness (QED) is 0.726. The molecule has 2 aromatic carbocycles. The van der Waals surface area contributed by atoms with E-state index in [1.165, 1.54) is 0 Å². The molecule has 3 atom stereocenters. The first kappa shape index (κ1) is 18.6. The summed E-state index contributed by atoms with van der Waals surface area (Å²) in [7, 11) is 0. The summed E-state index contributed by atoms with van der Waals surface area (Å²) >= 11 is 0. The Kier molecular flexibility index (Phi) is 5.26. The van der Waals surface area contributed by atoms with Crippen molar-refractivity contribution in [3.05, 3.63) is 59.7 Å². The van der Waals surface area contributed by atoms with Gasteiger partial charge in [0, 0.05) is 22.9 Å². The Morgan fingerprint density at radius 1 is 1.04 bits per heavy atom. The molecular formula is C21H22N2O4. The third kappa shape index (κ3) is 4.53. The van der Waals surface area contributed by atoms with E-state index >= 15 is 0 Å². The molecule has 3 unspecified atom stereocenters. The molecule has 0 spiro atoms. The van der Waals surface area contributed by atoms with Gasteiger partial charge in [0.05, 0.1) is 5.92 Å². The molecule has 0 heterocycles. The zero-order valence-electron chi connectivity index (χ0n) is 15.2. The van der Waals surface area contributed by atoms with Crippen LogP contribution in [0, 0.1) is 11.8 Å². The third-order valence-corrected chi connectivity index (χ3v) is 4.88. The molecule has 3 rings (SSSR count). The van der Waals surface area contributed by atoms with Crippen molar-refractivity contribution in [2.24, 2.45) is 11.8 Å². The van der Waals surface area contributed by atoms with Crippen LogP contribution in [0.5, 0.6) is 0 Å². The molecule has 27 heavy (non-hydrogen) atoms. The molecule has 1 aliphatic rings. The molecule has 1 saturated carbocycles. The van der Waals surface area contributed by atoms with Gasteiger partial charge in [-0.3, -0.25) is 14.4 Å². The molecule has 0 radical (unpaired) electrons. The van der Waals surface area contributed by atoms with E-state index in [9.17, 15) is 14.4 Å². The van der Waals surface area contributed by atoms with E-state index in [0.717, 1.165) is 6.42 Å². The third-order valence-electron chi connectivity index (χ3n) is 4.88. The molecule has 0 aromatic heterocycles. The summed E-state index contributed by atoms with van der Waals surface area (Å²) in [5.74, 6) is -1.33. The van der Waals surface area contributed by atoms with Crippen LogP contribution >= 0.6 is 0 Å². The Labute approximate surface area is 157 Å². The number of hydrogen-bond acceptors (Lipinski definition) is 3. The van der Waals surface area contributed by atoms with Crippen LogP contribution in [0.2, 0.25) is 0 Å². The van der Waals surface area contributed by atoms with Gasteiger partial charge in [-0.05, 0) is 55.2 Å². The number of carbonyl (C=O) groups excluding carboxylic acids is 2. The number of anilines is 2. The fourth-order valence-electron chi connectivity index (χ4n) is 2.86. The number of carboxylic acids is 1. The molecule has 2 amide bonds. The van der Waals surface area contributed by atoms with Gasteiger partial charge in [-0.1, -0.05) is 25.1 Å². The molecule has 140 valence electrons. The van der Waals surface area contributed by atoms with Crippen LogP contribution in [0.4, 0.5) is 11.4 Å². The Balaban J connectivity index is 1.64. The van der Waals surface area contributed by atoms with Gasteiger partial charge in [0.15, 0.2) is 0 Å². The number of rotatable bonds is 6. The standard InChI is InChI=1S/C21H22N2O4/c1-12-10-18(12)20(25)23-17-5-3-4-15(11-17)19(24)22-16-8-6-14(7-9-16)13(2)21(26)27/h3-9,11-13,18H,10H2,1-2H3,(H,22,24)(H,23,25)(H,26,27). The molecule has 3 N–H and O–H groups in total. The number of nitrogens with one attached hydrogen (secondary N) is 2. The van der Waals surface area contributed by atoms with Crippen molar-refractivity contribution in [2.45, 2.75) is 26.2 Å². The molecule has 2 aromatic rings. The Bertz CT molecular complexity index is 876. The molecule has 6 nitrogen and oxygen atoms in total. The predicted octanol–water partition coefficient (Wildman–Crippen LogP) is 3.72. The van der Waals surface area contributed by atoms with Crippen molar-refractivity contribution in [3.63, 3.8) is 0 Å². The van der Waals surface area contributed by atoms with E-state index in [-0.39, 0.29) is 17.7 Å². The molecule has 6 heteroatoms. The van der Waals surface area contributed by atoms with Crippen LogP contribution < -0.4 is 10.6 Å². The van der Waals surface area contributed by atoms with E-state index < -0.39 is 11.9 Å². The maximum Gasteiger partial charge on any atom is 0.310 e. The van der Waals surface area contributed by atoms with Crippen molar-refractivity contribution in [1.29, 1.82) is 0 Å². The van der Waals surface area contributed by atoms with E-state index in [0.29, 0.717) is 28.4 Å². The fourth-order valence-corrected chi connectivity index (χ4v) is 2.86. The smallest absolute Gasteiger partial charge is 0.310 e. The molecular weight excluding hydrogens is 344 g/mol. The topological polar surface area (TPSA) is 95.5 Å². The van der Waals surface area contributed by atoms with Gasteiger partial charge in [-0.25, -0.2) is 0 Å². The summed E-state index contributed by atoms with van der Waals surface area (Å²) in [6.07, 6.45) is 0.905. The first-order valence-electron chi connectivity index (χ1n) is 8.90. The van der Waals surface area contributed by atoms with Gasteiger partial charge in [0.1, 0.15) is 0 Å². The predicted molar refractivity (Wildman–Crippen MR) is 103 cm³/mol. The van der Waals surface area contributed by atoms with Gasteiger partial charge in [0.25, 0.3) is 5.91 Å². The number of aliphatic carboxylic acids is 1. The van der Waals surface area contributed by atoms with Crippen molar-refractivity contribution < 1.29 is 19.5 Å². The maximum atomic E-state index is 12.5. The Morgan fingerprint density at radius 3 is 2.30 bits per heavy atom. The lowest BCUT2D eigenvalue weighted by molar-refractivity contribution is -0.138. The van der Waals surface area contributed by atoms with Gasteiger partial charge in [-0.15, -0.1) is 0 Å². The largest absolute Gasteiger partial charge is 0.481 e. The second-order valence-electron chi connectivity index (χ2n) is 7.03. The van der Waals surface area contributed by atoms with Crippen LogP contribution in [0.3, 0.4) is 0 Å². The zero-order valence-corrected chi connectivity index (χ0v) is 15.2. The summed E-state index contributed by atoms with van der Waals surface area (Å²) in [5, 5.41) is 14.7. The summed E-state index contributed by atoms with van der Waals surface area (Å²) < 4.78 is 0. The molecule has 1 fully saturated rings. The average molecular weight is 366 g/mol. The highest BCUT2D eigenvalue weighted by atomic mass is 16.4. The second-order valence-corrected chi connectivity index (χ2v) is 7.03. The van der Waals surface area contributed by atoms with Gasteiger partial charge in [-0.2, -0.15) is 0 Å². The summed E-state index contributed by atoms with van der Waals surface area (Å²) in [5.41, 5.74) is 2.26. The monoisotopic (exact) mass is 366 g/mol. The summed E-state index contributed by atoms with van der Waals surface area (Å²) in [4.78, 5) is 35.5. The van der Waals surface area contributed by atoms with E-state index in [2.05, 4.69) is 10.6 Å². The van der Waals surface area contributed by atoms with Crippen molar-refractivity contribution in [3.8, 4) is 0 Å². The lowest BCUT2D eigenvalue weighted by atomic mass is 10.0. The van der Waals surface area contributed by atoms with E-state index in [1.54, 1.807) is 55.5 Å². The molecule has 0 saturated heterocycles. The van der Waals surface area contributed by atoms with Crippen LogP contribution in [-0.2, 0) is 9.59 Å². The van der Waals surface area contributed by atoms with Crippen molar-refractivity contribution in [2.75, 3.05) is 10.6 Å². The highest BCUT2D eigenvalue weighted by Gasteiger charge is 2.39. The minimum absolute atomic E-state index is 0.0109. The van der Waals surface area contributed by atoms with Crippen LogP contribution in [-0.4, -0.2) is 22.9 Å². The zero-order chi connectivity index (χ0) is 19.6. The van der Waals surface area contributed by atoms with Crippen LogP contribution in [0.15, 0.2) is 48.5 Å². The van der Waals surface area contributed by atoms with Crippen LogP contribution in [0.1, 0.15) is 42.1 Å². The minimum atomic E-state index is -0.897. The summed E-state index contributed by atoms with van der Waals surface area (Å²) in [6.45, 7) is 3.65. The van der Waals surface area contributed by atoms with E-state index in [1.807, 2.05) is 6.92 Å². The Hall–Kier alpha value is -3.15. The number of carbonyl (C=O) groups is 3. The Morgan fingerprint density at radius 2 is 1.70 bits per heavy atom. The number of amides is 2. The van der Waals surface area contributed by atoms with Crippen molar-refractivity contribution >= 4 is 29.2 Å². The first-order valence-corrected chi connectivity index (χ1v) is 8.90. The highest BCUT2D eigenvalue weighted by molar-refractivity contribution is 6.05. The van der Waals surface area contributed by atoms with Gasteiger partial charge in [0.2, 0.25) is 5.91 Å². The molecule has 0 bridgehead atoms. The summed E-state index contributed by atoms with van der Waals surface area (Å²) in [6, 6.07) is 13.5. The average Bonchev–Trinajstić information content (AvgIpc) is 3.39. The second kappa shape index (κ2) is 7.61. The number of benzene rings is 2. The number of hydrogen-bond donors (Lipinski definition) is 3. The normalized spacial score (nSPS) is 19.0. The molecule has 0 aliphatic heterocycles. The lowest BCUT2D eigenvalue weighted by Crippen LogP contribution is -2.16. The van der Waals surface area contributed by atoms with Crippen molar-refractivity contribution in [1.82, 2.24) is 0 Å². The SMILES string of the molecule is CC(C(=O)O)c1ccc(NC(=O)c2cccc(NC(=O)C3CC3C)c2)cc1. The van der Waals surface area contributed by atoms with E-state index in [4.69, 9.17) is 5.11 Å². The molecule has 1 aliphatic carbocycles. The maximum absolute atomic E-state index is 12.5.